The molecule has 0 bridgehead atoms. The minimum Gasteiger partial charge on any atom is -0.408 e. The molecule has 0 radical (unpaired) electrons. The maximum absolute atomic E-state index is 12.2. The molecule has 1 saturated heterocycles. The van der Waals surface area contributed by atoms with E-state index in [4.69, 9.17) is 32.2 Å². The molecule has 0 aromatic carbocycles. The third-order valence-corrected chi connectivity index (χ3v) is 25.8. The summed E-state index contributed by atoms with van der Waals surface area (Å²) in [6.07, 6.45) is -0.987. The third kappa shape index (κ3) is 8.93. The number of ether oxygens (including phenoxy) is 4. The van der Waals surface area contributed by atoms with Gasteiger partial charge in [-0.15, -0.1) is 0 Å². The lowest BCUT2D eigenvalue weighted by Gasteiger charge is -2.48. The van der Waals surface area contributed by atoms with E-state index in [0.29, 0.717) is 13.0 Å². The minimum absolute atomic E-state index is 0.0715. The number of rotatable bonds is 17. The van der Waals surface area contributed by atoms with Crippen LogP contribution in [0.15, 0.2) is 11.6 Å². The molecule has 2 aliphatic carbocycles. The van der Waals surface area contributed by atoms with Crippen molar-refractivity contribution < 1.29 is 37.3 Å². The van der Waals surface area contributed by atoms with Gasteiger partial charge in [0.15, 0.2) is 48.7 Å². The Morgan fingerprint density at radius 2 is 1.50 bits per heavy atom. The van der Waals surface area contributed by atoms with Gasteiger partial charge in [-0.1, -0.05) is 86.0 Å². The molecule has 0 amide bonds. The van der Waals surface area contributed by atoms with Crippen LogP contribution in [0.25, 0.3) is 0 Å². The van der Waals surface area contributed by atoms with Crippen molar-refractivity contribution >= 4 is 25.0 Å². The first-order chi connectivity index (χ1) is 23.2. The second-order valence-electron chi connectivity index (χ2n) is 16.3. The van der Waals surface area contributed by atoms with Crippen LogP contribution < -0.4 is 0 Å². The highest BCUT2D eigenvalue weighted by Gasteiger charge is 2.60. The van der Waals surface area contributed by atoms with Gasteiger partial charge >= 0.3 is 0 Å². The average Bonchev–Trinajstić information content (AvgIpc) is 3.57. The zero-order chi connectivity index (χ0) is 37.8. The van der Waals surface area contributed by atoms with Crippen LogP contribution >= 0.6 is 0 Å². The largest absolute Gasteiger partial charge is 0.408 e. The molecule has 0 aromatic rings. The molecule has 1 unspecified atom stereocenters. The number of hydrogen-bond acceptors (Lipinski definition) is 8. The summed E-state index contributed by atoms with van der Waals surface area (Å²) in [5, 5.41) is 12.1. The lowest BCUT2D eigenvalue weighted by atomic mass is 9.89. The van der Waals surface area contributed by atoms with Crippen molar-refractivity contribution in [2.45, 2.75) is 199 Å². The summed E-state index contributed by atoms with van der Waals surface area (Å²) in [6.45, 7) is 33.0. The maximum Gasteiger partial charge on any atom is 0.194 e. The zero-order valence-electron chi connectivity index (χ0n) is 34.1. The van der Waals surface area contributed by atoms with Gasteiger partial charge in [0, 0.05) is 18.6 Å². The van der Waals surface area contributed by atoms with Gasteiger partial charge in [-0.2, -0.15) is 0 Å². The van der Waals surface area contributed by atoms with Crippen molar-refractivity contribution in [1.29, 1.82) is 0 Å². The molecule has 0 aromatic heterocycles. The van der Waals surface area contributed by atoms with E-state index < -0.39 is 72.6 Å². The van der Waals surface area contributed by atoms with Crippen molar-refractivity contribution in [2.75, 3.05) is 13.2 Å². The SMILES string of the molecule is CCOC(C)O[C@@H]1C=C2C#C[C@@](O[Si](CC)(CC)CC)([C@H]3COC(C)(C)O3)[C@@H](O)C#CC[C@@]2(O[Si](CC)(CC)CC)[C@H]1O[Si](C)(C)C(C)(C)C. The molecule has 1 heterocycles. The van der Waals surface area contributed by atoms with Crippen molar-refractivity contribution in [3.05, 3.63) is 11.6 Å². The zero-order valence-corrected chi connectivity index (χ0v) is 37.1. The molecule has 286 valence electrons. The van der Waals surface area contributed by atoms with E-state index in [1.807, 2.05) is 27.7 Å². The van der Waals surface area contributed by atoms with Gasteiger partial charge in [0.05, 0.1) is 6.61 Å². The molecule has 0 saturated carbocycles. The fourth-order valence-electron chi connectivity index (χ4n) is 7.17. The topological polar surface area (TPSA) is 84.8 Å². The Bertz CT molecular complexity index is 1280. The Hall–Kier alpha value is -0.809. The summed E-state index contributed by atoms with van der Waals surface area (Å²) in [4.78, 5) is 0. The first-order valence-electron chi connectivity index (χ1n) is 19.3. The predicted octanol–water partition coefficient (Wildman–Crippen LogP) is 8.53. The molecule has 50 heavy (non-hydrogen) atoms. The van der Waals surface area contributed by atoms with E-state index >= 15 is 0 Å². The summed E-state index contributed by atoms with van der Waals surface area (Å²) in [7, 11) is -7.09. The quantitative estimate of drug-likeness (QED) is 0.0901. The van der Waals surface area contributed by atoms with Gasteiger partial charge in [-0.05, 0) is 88.2 Å². The number of aliphatic hydroxyl groups excluding tert-OH is 1. The van der Waals surface area contributed by atoms with Gasteiger partial charge in [0.1, 0.15) is 23.9 Å². The van der Waals surface area contributed by atoms with Gasteiger partial charge in [0.25, 0.3) is 0 Å². The molecule has 0 spiro atoms. The van der Waals surface area contributed by atoms with Crippen LogP contribution in [0.2, 0.25) is 54.4 Å². The lowest BCUT2D eigenvalue weighted by molar-refractivity contribution is -0.177. The number of hydrogen-bond donors (Lipinski definition) is 1. The first-order valence-corrected chi connectivity index (χ1v) is 27.3. The van der Waals surface area contributed by atoms with Crippen molar-refractivity contribution in [3.8, 4) is 23.7 Å². The van der Waals surface area contributed by atoms with Crippen LogP contribution in [0, 0.1) is 23.7 Å². The molecular weight excluding hydrogens is 681 g/mol. The van der Waals surface area contributed by atoms with Crippen molar-refractivity contribution in [1.82, 2.24) is 0 Å². The Kier molecular flexibility index (Phi) is 14.6. The summed E-state index contributed by atoms with van der Waals surface area (Å²) in [5.74, 6) is 13.0. The molecule has 3 aliphatic rings. The Labute approximate surface area is 308 Å². The van der Waals surface area contributed by atoms with Crippen molar-refractivity contribution in [2.24, 2.45) is 0 Å². The van der Waals surface area contributed by atoms with Crippen molar-refractivity contribution in [3.63, 3.8) is 0 Å². The first kappa shape index (κ1) is 43.6. The Balaban J connectivity index is 2.42. The second kappa shape index (κ2) is 16.7. The molecular formula is C39H70O8Si3. The third-order valence-electron chi connectivity index (χ3n) is 12.0. The summed E-state index contributed by atoms with van der Waals surface area (Å²) in [5.41, 5.74) is -1.68. The van der Waals surface area contributed by atoms with E-state index in [1.54, 1.807) is 0 Å². The maximum atomic E-state index is 12.2. The van der Waals surface area contributed by atoms with Crippen LogP contribution in [0.5, 0.6) is 0 Å². The van der Waals surface area contributed by atoms with Gasteiger partial charge < -0.3 is 37.3 Å². The predicted molar refractivity (Wildman–Crippen MR) is 209 cm³/mol. The summed E-state index contributed by atoms with van der Waals surface area (Å²) < 4.78 is 47.6. The van der Waals surface area contributed by atoms with E-state index in [0.717, 1.165) is 41.8 Å². The highest BCUT2D eigenvalue weighted by Crippen LogP contribution is 2.49. The molecule has 1 aliphatic heterocycles. The molecule has 1 fully saturated rings. The molecule has 3 rings (SSSR count). The highest BCUT2D eigenvalue weighted by atomic mass is 28.4. The van der Waals surface area contributed by atoms with Crippen LogP contribution in [-0.4, -0.2) is 91.0 Å². The average molecular weight is 751 g/mol. The second-order valence-corrected chi connectivity index (χ2v) is 30.5. The van der Waals surface area contributed by atoms with Gasteiger partial charge in [-0.3, -0.25) is 0 Å². The van der Waals surface area contributed by atoms with Crippen LogP contribution in [0.4, 0.5) is 0 Å². The Morgan fingerprint density at radius 1 is 0.940 bits per heavy atom. The van der Waals surface area contributed by atoms with E-state index in [9.17, 15) is 5.11 Å². The van der Waals surface area contributed by atoms with Crippen LogP contribution in [0.1, 0.15) is 96.4 Å². The monoisotopic (exact) mass is 750 g/mol. The lowest BCUT2D eigenvalue weighted by Crippen LogP contribution is -2.60. The number of aliphatic hydroxyl groups is 1. The summed E-state index contributed by atoms with van der Waals surface area (Å²) in [6, 6.07) is 5.46. The van der Waals surface area contributed by atoms with Gasteiger partial charge in [0.2, 0.25) is 0 Å². The fraction of sp³-hybridized carbons (Fsp3) is 0.846. The fourth-order valence-corrected chi connectivity index (χ4v) is 14.4. The molecule has 11 heteroatoms. The normalized spacial score (nSPS) is 30.6. The molecule has 8 nitrogen and oxygen atoms in total. The highest BCUT2D eigenvalue weighted by molar-refractivity contribution is 6.75. The van der Waals surface area contributed by atoms with E-state index in [1.165, 1.54) is 0 Å². The van der Waals surface area contributed by atoms with Crippen LogP contribution in [-0.2, 0) is 32.2 Å². The number of fused-ring (bicyclic) bond motifs is 1. The van der Waals surface area contributed by atoms with Gasteiger partial charge in [-0.25, -0.2) is 0 Å². The van der Waals surface area contributed by atoms with Crippen LogP contribution in [0.3, 0.4) is 0 Å². The van der Waals surface area contributed by atoms with E-state index in [-0.39, 0.29) is 11.6 Å². The standard InChI is InChI=1S/C39H70O8Si3/c1-16-41-30(8)43-32-28-31-25-27-39(34-29-42-37(12,13)44-34,47-50(20-5,21-6)22-7)33(40)24-23-26-38(31,46-49(17-2,18-3)19-4)35(32)45-48(14,15)36(9,10)11/h28,30,32-35,40H,16-22,26,29H2,1-15H3/t30?,32-,33+,34-,35+,38+,39+/m1/s1. The van der Waals surface area contributed by atoms with E-state index in [2.05, 4.69) is 105 Å². The summed E-state index contributed by atoms with van der Waals surface area (Å²) >= 11 is 0. The Morgan fingerprint density at radius 3 is 1.98 bits per heavy atom. The molecule has 7 atom stereocenters. The minimum atomic E-state index is -2.40. The smallest absolute Gasteiger partial charge is 0.194 e. The molecule has 1 N–H and O–H groups in total.